The molecule has 0 radical (unpaired) electrons. The molecule has 0 spiro atoms. The van der Waals surface area contributed by atoms with Crippen LogP contribution in [-0.2, 0) is 6.18 Å². The summed E-state index contributed by atoms with van der Waals surface area (Å²) in [5, 5.41) is 10.1. The first-order valence-electron chi connectivity index (χ1n) is 5.89. The Labute approximate surface area is 116 Å². The van der Waals surface area contributed by atoms with Crippen molar-refractivity contribution in [1.82, 2.24) is 24.7 Å². The normalized spacial score (nSPS) is 12.1. The second-order valence-electron chi connectivity index (χ2n) is 4.20. The van der Waals surface area contributed by atoms with E-state index in [-0.39, 0.29) is 9.97 Å². The molecule has 0 aromatic carbocycles. The second-order valence-corrected chi connectivity index (χ2v) is 5.16. The lowest BCUT2D eigenvalue weighted by Gasteiger charge is -2.14. The molecule has 6 nitrogen and oxygen atoms in total. The van der Waals surface area contributed by atoms with Gasteiger partial charge >= 0.3 is 6.18 Å². The van der Waals surface area contributed by atoms with Crippen LogP contribution in [0.4, 0.5) is 13.2 Å². The molecule has 0 N–H and O–H groups in total. The van der Waals surface area contributed by atoms with Crippen LogP contribution >= 0.6 is 11.3 Å². The Hall–Kier alpha value is -1.71. The Morgan fingerprint density at radius 1 is 1.40 bits per heavy atom. The number of fused-ring (bicyclic) bond motifs is 1. The van der Waals surface area contributed by atoms with Crippen molar-refractivity contribution in [3.8, 4) is 0 Å². The summed E-state index contributed by atoms with van der Waals surface area (Å²) >= 11 is 0.791. The zero-order valence-electron chi connectivity index (χ0n) is 10.8. The molecule has 2 aromatic rings. The van der Waals surface area contributed by atoms with Gasteiger partial charge < -0.3 is 4.90 Å². The third-order valence-electron chi connectivity index (χ3n) is 2.62. The van der Waals surface area contributed by atoms with Gasteiger partial charge in [0.25, 0.3) is 11.7 Å². The maximum absolute atomic E-state index is 12.6. The van der Waals surface area contributed by atoms with Crippen LogP contribution in [0.2, 0.25) is 0 Å². The topological polar surface area (TPSA) is 63.4 Å². The Kier molecular flexibility index (Phi) is 3.93. The molecule has 0 unspecified atom stereocenters. The van der Waals surface area contributed by atoms with E-state index in [1.807, 2.05) is 6.92 Å². The SMILES string of the molecule is CCCCN(C)C(=O)c1nn2c(C(F)(F)F)nnc2s1. The Bertz CT molecular complexity index is 620. The van der Waals surface area contributed by atoms with Crippen molar-refractivity contribution in [2.45, 2.75) is 25.9 Å². The number of alkyl halides is 3. The number of carbonyl (C=O) groups is 1. The fraction of sp³-hybridized carbons (Fsp3) is 0.600. The zero-order chi connectivity index (χ0) is 14.9. The lowest BCUT2D eigenvalue weighted by Crippen LogP contribution is -2.27. The van der Waals surface area contributed by atoms with Crippen LogP contribution in [0.3, 0.4) is 0 Å². The van der Waals surface area contributed by atoms with Gasteiger partial charge in [0.15, 0.2) is 0 Å². The average Bonchev–Trinajstić information content (AvgIpc) is 2.92. The van der Waals surface area contributed by atoms with Crippen molar-refractivity contribution in [3.63, 3.8) is 0 Å². The van der Waals surface area contributed by atoms with Gasteiger partial charge in [-0.1, -0.05) is 24.7 Å². The number of halogens is 3. The molecular weight excluding hydrogens is 295 g/mol. The van der Waals surface area contributed by atoms with Gasteiger partial charge in [-0.15, -0.1) is 15.3 Å². The summed E-state index contributed by atoms with van der Waals surface area (Å²) in [5.41, 5.74) is 0. The van der Waals surface area contributed by atoms with Gasteiger partial charge in [0.1, 0.15) is 0 Å². The predicted octanol–water partition coefficient (Wildman–Crippen LogP) is 2.08. The van der Waals surface area contributed by atoms with Gasteiger partial charge in [0.2, 0.25) is 9.97 Å². The van der Waals surface area contributed by atoms with E-state index in [4.69, 9.17) is 0 Å². The standard InChI is InChI=1S/C10H12F3N5OS/c1-3-4-5-17(2)7(19)6-16-18-8(10(11,12)13)14-15-9(18)20-6/h3-5H2,1-2H3. The van der Waals surface area contributed by atoms with Crippen LogP contribution in [-0.4, -0.2) is 44.2 Å². The van der Waals surface area contributed by atoms with Crippen molar-refractivity contribution >= 4 is 22.2 Å². The minimum Gasteiger partial charge on any atom is -0.340 e. The molecule has 1 amide bonds. The number of unbranched alkanes of at least 4 members (excludes halogenated alkanes) is 1. The number of aromatic nitrogens is 4. The summed E-state index contributed by atoms with van der Waals surface area (Å²) < 4.78 is 38.5. The highest BCUT2D eigenvalue weighted by Crippen LogP contribution is 2.29. The van der Waals surface area contributed by atoms with Crippen LogP contribution in [0.15, 0.2) is 0 Å². The number of rotatable bonds is 4. The largest absolute Gasteiger partial charge is 0.453 e. The number of nitrogens with zero attached hydrogens (tertiary/aromatic N) is 5. The lowest BCUT2D eigenvalue weighted by atomic mass is 10.3. The maximum Gasteiger partial charge on any atom is 0.453 e. The third-order valence-corrected chi connectivity index (χ3v) is 3.51. The minimum absolute atomic E-state index is 0.0287. The molecule has 2 heterocycles. The summed E-state index contributed by atoms with van der Waals surface area (Å²) in [6, 6.07) is 0. The van der Waals surface area contributed by atoms with Gasteiger partial charge in [-0.25, -0.2) is 0 Å². The first kappa shape index (κ1) is 14.7. The average molecular weight is 307 g/mol. The van der Waals surface area contributed by atoms with Crippen LogP contribution < -0.4 is 0 Å². The molecular formula is C10H12F3N5OS. The molecule has 0 fully saturated rings. The molecule has 2 rings (SSSR count). The van der Waals surface area contributed by atoms with E-state index in [1.54, 1.807) is 7.05 Å². The number of hydrogen-bond donors (Lipinski definition) is 0. The highest BCUT2D eigenvalue weighted by atomic mass is 32.1. The Morgan fingerprint density at radius 3 is 2.70 bits per heavy atom. The van der Waals surface area contributed by atoms with Crippen molar-refractivity contribution < 1.29 is 18.0 Å². The van der Waals surface area contributed by atoms with Gasteiger partial charge in [-0.3, -0.25) is 4.79 Å². The summed E-state index contributed by atoms with van der Waals surface area (Å²) in [4.78, 5) is 13.4. The van der Waals surface area contributed by atoms with Crippen LogP contribution in [0.5, 0.6) is 0 Å². The van der Waals surface area contributed by atoms with E-state index in [1.165, 1.54) is 4.90 Å². The molecule has 0 bridgehead atoms. The first-order valence-corrected chi connectivity index (χ1v) is 6.71. The molecule has 20 heavy (non-hydrogen) atoms. The van der Waals surface area contributed by atoms with E-state index >= 15 is 0 Å². The van der Waals surface area contributed by atoms with Crippen molar-refractivity contribution in [2.75, 3.05) is 13.6 Å². The van der Waals surface area contributed by atoms with Crippen molar-refractivity contribution in [3.05, 3.63) is 10.8 Å². The zero-order valence-corrected chi connectivity index (χ0v) is 11.6. The smallest absolute Gasteiger partial charge is 0.340 e. The fourth-order valence-corrected chi connectivity index (χ4v) is 2.37. The molecule has 2 aromatic heterocycles. The van der Waals surface area contributed by atoms with E-state index in [0.29, 0.717) is 11.1 Å². The number of hydrogen-bond acceptors (Lipinski definition) is 5. The highest BCUT2D eigenvalue weighted by Gasteiger charge is 2.38. The molecule has 0 aliphatic rings. The monoisotopic (exact) mass is 307 g/mol. The molecule has 0 atom stereocenters. The van der Waals surface area contributed by atoms with Crippen LogP contribution in [0.25, 0.3) is 4.96 Å². The molecule has 0 saturated carbocycles. The Morgan fingerprint density at radius 2 is 2.10 bits per heavy atom. The van der Waals surface area contributed by atoms with E-state index < -0.39 is 17.9 Å². The van der Waals surface area contributed by atoms with E-state index in [9.17, 15) is 18.0 Å². The van der Waals surface area contributed by atoms with Crippen molar-refractivity contribution in [1.29, 1.82) is 0 Å². The van der Waals surface area contributed by atoms with Crippen molar-refractivity contribution in [2.24, 2.45) is 0 Å². The highest BCUT2D eigenvalue weighted by molar-refractivity contribution is 7.18. The third kappa shape index (κ3) is 2.74. The maximum atomic E-state index is 12.6. The Balaban J connectivity index is 2.28. The van der Waals surface area contributed by atoms with Gasteiger partial charge in [-0.05, 0) is 6.42 Å². The summed E-state index contributed by atoms with van der Waals surface area (Å²) in [6.07, 6.45) is -2.91. The van der Waals surface area contributed by atoms with E-state index in [2.05, 4.69) is 15.3 Å². The molecule has 0 saturated heterocycles. The van der Waals surface area contributed by atoms with Gasteiger partial charge in [0, 0.05) is 13.6 Å². The molecule has 0 aliphatic carbocycles. The fourth-order valence-electron chi connectivity index (χ4n) is 1.54. The number of amides is 1. The lowest BCUT2D eigenvalue weighted by molar-refractivity contribution is -0.146. The second kappa shape index (κ2) is 5.35. The summed E-state index contributed by atoms with van der Waals surface area (Å²) in [6.45, 7) is 2.51. The predicted molar refractivity (Wildman–Crippen MR) is 65.5 cm³/mol. The van der Waals surface area contributed by atoms with Gasteiger partial charge in [-0.2, -0.15) is 17.7 Å². The molecule has 110 valence electrons. The molecule has 0 aliphatic heterocycles. The minimum atomic E-state index is -4.65. The van der Waals surface area contributed by atoms with E-state index in [0.717, 1.165) is 24.2 Å². The molecule has 10 heteroatoms. The van der Waals surface area contributed by atoms with Gasteiger partial charge in [0.05, 0.1) is 0 Å². The van der Waals surface area contributed by atoms with Crippen LogP contribution in [0.1, 0.15) is 35.4 Å². The number of carbonyl (C=O) groups excluding carboxylic acids is 1. The summed E-state index contributed by atoms with van der Waals surface area (Å²) in [5.74, 6) is -1.64. The quantitative estimate of drug-likeness (QED) is 0.867. The summed E-state index contributed by atoms with van der Waals surface area (Å²) in [7, 11) is 1.59. The van der Waals surface area contributed by atoms with Crippen LogP contribution in [0, 0.1) is 0 Å². The first-order chi connectivity index (χ1) is 9.34.